The molecular weight excluding hydrogens is 176 g/mol. The van der Waals surface area contributed by atoms with E-state index in [1.165, 1.54) is 0 Å². The molecule has 1 aliphatic heterocycles. The number of aliphatic hydroxyl groups excluding tert-OH is 2. The van der Waals surface area contributed by atoms with Gasteiger partial charge in [0.15, 0.2) is 6.29 Å². The molecule has 1 saturated heterocycles. The second-order valence-corrected chi connectivity index (χ2v) is 3.27. The van der Waals surface area contributed by atoms with Crippen molar-refractivity contribution in [1.82, 2.24) is 0 Å². The minimum absolute atomic E-state index is 0.00407. The SMILES string of the molecule is O=C(O)CC[C@H]1C[C@@H](O)CC(O)O1. The predicted octanol–water partition coefficient (Wildman–Crippen LogP) is -0.290. The lowest BCUT2D eigenvalue weighted by Gasteiger charge is -2.29. The highest BCUT2D eigenvalue weighted by molar-refractivity contribution is 5.66. The highest BCUT2D eigenvalue weighted by Gasteiger charge is 2.26. The van der Waals surface area contributed by atoms with E-state index in [4.69, 9.17) is 14.9 Å². The normalized spacial score (nSPS) is 34.5. The van der Waals surface area contributed by atoms with Crippen LogP contribution in [0.3, 0.4) is 0 Å². The van der Waals surface area contributed by atoms with Gasteiger partial charge in [-0.2, -0.15) is 0 Å². The molecule has 0 radical (unpaired) electrons. The van der Waals surface area contributed by atoms with Gasteiger partial charge in [0.1, 0.15) is 0 Å². The molecular formula is C8H14O5. The Morgan fingerprint density at radius 3 is 2.62 bits per heavy atom. The molecule has 0 aromatic carbocycles. The molecule has 0 saturated carbocycles. The van der Waals surface area contributed by atoms with Crippen LogP contribution in [0.25, 0.3) is 0 Å². The second-order valence-electron chi connectivity index (χ2n) is 3.27. The van der Waals surface area contributed by atoms with Crippen LogP contribution in [-0.4, -0.2) is 39.8 Å². The first-order chi connectivity index (χ1) is 6.08. The first kappa shape index (κ1) is 10.4. The quantitative estimate of drug-likeness (QED) is 0.569. The third kappa shape index (κ3) is 3.71. The van der Waals surface area contributed by atoms with Gasteiger partial charge in [-0.25, -0.2) is 0 Å². The highest BCUT2D eigenvalue weighted by atomic mass is 16.6. The lowest BCUT2D eigenvalue weighted by Crippen LogP contribution is -2.35. The van der Waals surface area contributed by atoms with Gasteiger partial charge in [0.05, 0.1) is 12.2 Å². The molecule has 76 valence electrons. The molecule has 5 heteroatoms. The van der Waals surface area contributed by atoms with Crippen molar-refractivity contribution in [1.29, 1.82) is 0 Å². The molecule has 0 aromatic heterocycles. The summed E-state index contributed by atoms with van der Waals surface area (Å²) in [6, 6.07) is 0. The van der Waals surface area contributed by atoms with Crippen LogP contribution >= 0.6 is 0 Å². The Morgan fingerprint density at radius 1 is 1.38 bits per heavy atom. The molecule has 0 amide bonds. The number of aliphatic carboxylic acids is 1. The minimum atomic E-state index is -0.956. The molecule has 1 fully saturated rings. The van der Waals surface area contributed by atoms with Crippen molar-refractivity contribution < 1.29 is 24.9 Å². The fraction of sp³-hybridized carbons (Fsp3) is 0.875. The zero-order valence-electron chi connectivity index (χ0n) is 7.22. The van der Waals surface area contributed by atoms with Gasteiger partial charge in [-0.15, -0.1) is 0 Å². The average molecular weight is 190 g/mol. The van der Waals surface area contributed by atoms with E-state index in [2.05, 4.69) is 0 Å². The number of ether oxygens (including phenoxy) is 1. The molecule has 1 rings (SSSR count). The number of rotatable bonds is 3. The maximum Gasteiger partial charge on any atom is 0.303 e. The number of carbonyl (C=O) groups is 1. The average Bonchev–Trinajstić information content (AvgIpc) is 1.99. The Bertz CT molecular complexity index is 171. The standard InChI is InChI=1S/C8H14O5/c9-5-3-6(1-2-7(10)11)13-8(12)4-5/h5-6,8-9,12H,1-4H2,(H,10,11)/t5-,6+,8?/m1/s1. The van der Waals surface area contributed by atoms with Gasteiger partial charge in [-0.1, -0.05) is 0 Å². The smallest absolute Gasteiger partial charge is 0.303 e. The molecule has 1 heterocycles. The summed E-state index contributed by atoms with van der Waals surface area (Å²) in [6.07, 6.45) is -0.915. The van der Waals surface area contributed by atoms with Crippen molar-refractivity contribution in [2.45, 2.75) is 44.2 Å². The Labute approximate surface area is 75.9 Å². The van der Waals surface area contributed by atoms with Gasteiger partial charge in [-0.05, 0) is 12.8 Å². The van der Waals surface area contributed by atoms with Gasteiger partial charge in [0, 0.05) is 12.8 Å². The van der Waals surface area contributed by atoms with E-state index in [9.17, 15) is 9.90 Å². The van der Waals surface area contributed by atoms with Crippen molar-refractivity contribution in [2.24, 2.45) is 0 Å². The fourth-order valence-corrected chi connectivity index (χ4v) is 1.44. The Balaban J connectivity index is 2.28. The molecule has 3 N–H and O–H groups in total. The molecule has 0 bridgehead atoms. The third-order valence-corrected chi connectivity index (χ3v) is 2.04. The Kier molecular flexibility index (Phi) is 3.65. The van der Waals surface area contributed by atoms with Gasteiger partial charge in [0.25, 0.3) is 0 Å². The van der Waals surface area contributed by atoms with Crippen molar-refractivity contribution in [2.75, 3.05) is 0 Å². The van der Waals surface area contributed by atoms with Gasteiger partial charge < -0.3 is 20.1 Å². The van der Waals surface area contributed by atoms with Crippen molar-refractivity contribution in [3.05, 3.63) is 0 Å². The molecule has 0 spiro atoms. The monoisotopic (exact) mass is 190 g/mol. The summed E-state index contributed by atoms with van der Waals surface area (Å²) in [5.41, 5.74) is 0. The van der Waals surface area contributed by atoms with Gasteiger partial charge in [-0.3, -0.25) is 4.79 Å². The van der Waals surface area contributed by atoms with Gasteiger partial charge >= 0.3 is 5.97 Å². The van der Waals surface area contributed by atoms with E-state index in [1.54, 1.807) is 0 Å². The lowest BCUT2D eigenvalue weighted by atomic mass is 10.0. The van der Waals surface area contributed by atoms with E-state index in [0.29, 0.717) is 12.8 Å². The first-order valence-corrected chi connectivity index (χ1v) is 4.31. The van der Waals surface area contributed by atoms with Crippen LogP contribution in [0.5, 0.6) is 0 Å². The van der Waals surface area contributed by atoms with E-state index >= 15 is 0 Å². The number of hydrogen-bond acceptors (Lipinski definition) is 4. The van der Waals surface area contributed by atoms with E-state index < -0.39 is 18.4 Å². The molecule has 1 aliphatic rings. The van der Waals surface area contributed by atoms with Crippen LogP contribution in [0.1, 0.15) is 25.7 Å². The number of carboxylic acids is 1. The summed E-state index contributed by atoms with van der Waals surface area (Å²) in [4.78, 5) is 10.2. The summed E-state index contributed by atoms with van der Waals surface area (Å²) in [7, 11) is 0. The Hall–Kier alpha value is -0.650. The summed E-state index contributed by atoms with van der Waals surface area (Å²) >= 11 is 0. The number of carboxylic acid groups (broad SMARTS) is 1. The zero-order valence-corrected chi connectivity index (χ0v) is 7.22. The number of aliphatic hydroxyl groups is 2. The zero-order chi connectivity index (χ0) is 9.84. The van der Waals surface area contributed by atoms with E-state index in [-0.39, 0.29) is 18.9 Å². The van der Waals surface area contributed by atoms with E-state index in [0.717, 1.165) is 0 Å². The third-order valence-electron chi connectivity index (χ3n) is 2.04. The molecule has 0 aliphatic carbocycles. The Morgan fingerprint density at radius 2 is 2.08 bits per heavy atom. The second kappa shape index (κ2) is 4.55. The molecule has 1 unspecified atom stereocenters. The molecule has 0 aromatic rings. The topological polar surface area (TPSA) is 87.0 Å². The van der Waals surface area contributed by atoms with Gasteiger partial charge in [0.2, 0.25) is 0 Å². The number of hydrogen-bond donors (Lipinski definition) is 3. The van der Waals surface area contributed by atoms with Crippen LogP contribution in [-0.2, 0) is 9.53 Å². The predicted molar refractivity (Wildman–Crippen MR) is 43.0 cm³/mol. The molecule has 5 nitrogen and oxygen atoms in total. The van der Waals surface area contributed by atoms with Crippen LogP contribution in [0.4, 0.5) is 0 Å². The van der Waals surface area contributed by atoms with Crippen LogP contribution in [0.2, 0.25) is 0 Å². The minimum Gasteiger partial charge on any atom is -0.481 e. The van der Waals surface area contributed by atoms with Crippen LogP contribution in [0.15, 0.2) is 0 Å². The highest BCUT2D eigenvalue weighted by Crippen LogP contribution is 2.21. The fourth-order valence-electron chi connectivity index (χ4n) is 1.44. The maximum atomic E-state index is 10.2. The molecule has 13 heavy (non-hydrogen) atoms. The lowest BCUT2D eigenvalue weighted by molar-refractivity contribution is -0.191. The van der Waals surface area contributed by atoms with Crippen molar-refractivity contribution in [3.8, 4) is 0 Å². The summed E-state index contributed by atoms with van der Waals surface area (Å²) in [6.45, 7) is 0. The van der Waals surface area contributed by atoms with Crippen molar-refractivity contribution in [3.63, 3.8) is 0 Å². The summed E-state index contributed by atoms with van der Waals surface area (Å²) < 4.78 is 5.04. The summed E-state index contributed by atoms with van der Waals surface area (Å²) in [5.74, 6) is -0.891. The van der Waals surface area contributed by atoms with Crippen LogP contribution < -0.4 is 0 Å². The summed E-state index contributed by atoms with van der Waals surface area (Å²) in [5, 5.41) is 26.7. The largest absolute Gasteiger partial charge is 0.481 e. The van der Waals surface area contributed by atoms with E-state index in [1.807, 2.05) is 0 Å². The maximum absolute atomic E-state index is 10.2. The van der Waals surface area contributed by atoms with Crippen LogP contribution in [0, 0.1) is 0 Å². The first-order valence-electron chi connectivity index (χ1n) is 4.31. The molecule has 3 atom stereocenters. The van der Waals surface area contributed by atoms with Crippen molar-refractivity contribution >= 4 is 5.97 Å².